The molecule has 2 rings (SSSR count). The molecule has 0 saturated carbocycles. The maximum absolute atomic E-state index is 11.8. The third kappa shape index (κ3) is 3.32. The predicted molar refractivity (Wildman–Crippen MR) is 73.2 cm³/mol. The first-order valence-corrected chi connectivity index (χ1v) is 7.14. The van der Waals surface area contributed by atoms with Gasteiger partial charge in [-0.15, -0.1) is 0 Å². The Kier molecular flexibility index (Phi) is 4.36. The van der Waals surface area contributed by atoms with Crippen molar-refractivity contribution < 1.29 is 4.79 Å². The van der Waals surface area contributed by atoms with E-state index in [0.29, 0.717) is 17.1 Å². The highest BCUT2D eigenvalue weighted by Gasteiger charge is 2.12. The summed E-state index contributed by atoms with van der Waals surface area (Å²) in [5.41, 5.74) is 2.10. The van der Waals surface area contributed by atoms with Crippen LogP contribution in [-0.2, 0) is 0 Å². The standard InChI is InChI=1S/C13H18N2O2S/c1-9-11(18-13(17)15-9)12(16)14-8-7-10-5-3-2-4-6-10/h5H,2-4,6-8H2,1H3,(H,14,16)(H,15,17). The van der Waals surface area contributed by atoms with Crippen LogP contribution in [0.1, 0.15) is 47.5 Å². The van der Waals surface area contributed by atoms with Gasteiger partial charge in [0.25, 0.3) is 5.91 Å². The topological polar surface area (TPSA) is 62.0 Å². The number of aromatic amines is 1. The van der Waals surface area contributed by atoms with Gasteiger partial charge in [0.05, 0.1) is 0 Å². The van der Waals surface area contributed by atoms with Crippen LogP contribution in [-0.4, -0.2) is 17.4 Å². The second-order valence-corrected chi connectivity index (χ2v) is 5.57. The summed E-state index contributed by atoms with van der Waals surface area (Å²) in [6.45, 7) is 2.40. The molecule has 4 nitrogen and oxygen atoms in total. The van der Waals surface area contributed by atoms with Crippen LogP contribution in [0, 0.1) is 6.92 Å². The van der Waals surface area contributed by atoms with Gasteiger partial charge in [-0.2, -0.15) is 0 Å². The Labute approximate surface area is 110 Å². The minimum Gasteiger partial charge on any atom is -0.351 e. The van der Waals surface area contributed by atoms with Crippen LogP contribution in [0.4, 0.5) is 0 Å². The molecule has 2 N–H and O–H groups in total. The van der Waals surface area contributed by atoms with E-state index in [9.17, 15) is 9.59 Å². The first-order valence-electron chi connectivity index (χ1n) is 6.32. The number of carbonyl (C=O) groups excluding carboxylic acids is 1. The summed E-state index contributed by atoms with van der Waals surface area (Å²) in [7, 11) is 0. The molecule has 1 aromatic rings. The van der Waals surface area contributed by atoms with E-state index in [1.807, 2.05) is 0 Å². The van der Waals surface area contributed by atoms with Gasteiger partial charge in [-0.3, -0.25) is 9.59 Å². The molecule has 1 aromatic heterocycles. The van der Waals surface area contributed by atoms with Gasteiger partial charge in [-0.1, -0.05) is 23.0 Å². The highest BCUT2D eigenvalue weighted by Crippen LogP contribution is 2.19. The summed E-state index contributed by atoms with van der Waals surface area (Å²) in [5.74, 6) is -0.146. The largest absolute Gasteiger partial charge is 0.351 e. The smallest absolute Gasteiger partial charge is 0.305 e. The molecule has 1 aliphatic carbocycles. The van der Waals surface area contributed by atoms with E-state index < -0.39 is 0 Å². The van der Waals surface area contributed by atoms with Crippen molar-refractivity contribution in [3.05, 3.63) is 31.9 Å². The molecule has 18 heavy (non-hydrogen) atoms. The third-order valence-corrected chi connectivity index (χ3v) is 4.13. The van der Waals surface area contributed by atoms with E-state index in [0.717, 1.165) is 24.2 Å². The molecule has 1 heterocycles. The normalized spacial score (nSPS) is 15.3. The van der Waals surface area contributed by atoms with Crippen LogP contribution < -0.4 is 10.2 Å². The number of rotatable bonds is 4. The Morgan fingerprint density at radius 3 is 2.94 bits per heavy atom. The zero-order valence-corrected chi connectivity index (χ0v) is 11.4. The molecule has 0 aromatic carbocycles. The Hall–Kier alpha value is -1.36. The monoisotopic (exact) mass is 266 g/mol. The highest BCUT2D eigenvalue weighted by atomic mass is 32.1. The lowest BCUT2D eigenvalue weighted by molar-refractivity contribution is 0.0957. The molecule has 0 aliphatic heterocycles. The first kappa shape index (κ1) is 13.1. The fraction of sp³-hybridized carbons (Fsp3) is 0.538. The number of aromatic nitrogens is 1. The molecule has 5 heteroatoms. The van der Waals surface area contributed by atoms with Gasteiger partial charge in [-0.05, 0) is 39.0 Å². The van der Waals surface area contributed by atoms with E-state index in [4.69, 9.17) is 0 Å². The van der Waals surface area contributed by atoms with Crippen molar-refractivity contribution in [2.75, 3.05) is 6.54 Å². The molecule has 1 aliphatic rings. The molecule has 0 atom stereocenters. The van der Waals surface area contributed by atoms with Crippen LogP contribution in [0.2, 0.25) is 0 Å². The van der Waals surface area contributed by atoms with E-state index in [-0.39, 0.29) is 10.8 Å². The molecule has 0 spiro atoms. The lowest BCUT2D eigenvalue weighted by Gasteiger charge is -2.12. The Bertz CT molecular complexity index is 513. The zero-order valence-electron chi connectivity index (χ0n) is 10.5. The van der Waals surface area contributed by atoms with E-state index in [1.54, 1.807) is 6.92 Å². The molecule has 1 amide bonds. The average Bonchev–Trinajstić information content (AvgIpc) is 2.70. The number of aryl methyl sites for hydroxylation is 1. The second kappa shape index (κ2) is 6.00. The lowest BCUT2D eigenvalue weighted by Crippen LogP contribution is -2.24. The minimum absolute atomic E-state index is 0.146. The lowest BCUT2D eigenvalue weighted by atomic mass is 9.97. The number of thiazole rings is 1. The molecule has 0 bridgehead atoms. The van der Waals surface area contributed by atoms with Crippen molar-refractivity contribution in [1.29, 1.82) is 0 Å². The summed E-state index contributed by atoms with van der Waals surface area (Å²) in [5, 5.41) is 2.87. The highest BCUT2D eigenvalue weighted by molar-refractivity contribution is 7.11. The molecule has 98 valence electrons. The van der Waals surface area contributed by atoms with Gasteiger partial charge < -0.3 is 10.3 Å². The number of allylic oxidation sites excluding steroid dienone is 1. The molecule has 0 fully saturated rings. The van der Waals surface area contributed by atoms with Crippen LogP contribution >= 0.6 is 11.3 Å². The van der Waals surface area contributed by atoms with Crippen LogP contribution in [0.3, 0.4) is 0 Å². The predicted octanol–water partition coefficient (Wildman–Crippen LogP) is 2.37. The van der Waals surface area contributed by atoms with Crippen molar-refractivity contribution in [2.24, 2.45) is 0 Å². The van der Waals surface area contributed by atoms with Gasteiger partial charge in [-0.25, -0.2) is 0 Å². The van der Waals surface area contributed by atoms with E-state index in [2.05, 4.69) is 16.4 Å². The summed E-state index contributed by atoms with van der Waals surface area (Å²) < 4.78 is 0. The van der Waals surface area contributed by atoms with Crippen molar-refractivity contribution in [3.8, 4) is 0 Å². The van der Waals surface area contributed by atoms with Crippen molar-refractivity contribution in [3.63, 3.8) is 0 Å². The summed E-state index contributed by atoms with van der Waals surface area (Å²) in [4.78, 5) is 25.9. The Morgan fingerprint density at radius 2 is 2.33 bits per heavy atom. The average molecular weight is 266 g/mol. The molecule has 0 radical (unpaired) electrons. The van der Waals surface area contributed by atoms with Crippen molar-refractivity contribution in [2.45, 2.75) is 39.0 Å². The summed E-state index contributed by atoms with van der Waals surface area (Å²) >= 11 is 0.971. The van der Waals surface area contributed by atoms with Gasteiger partial charge >= 0.3 is 4.87 Å². The van der Waals surface area contributed by atoms with Crippen molar-refractivity contribution >= 4 is 17.2 Å². The number of carbonyl (C=O) groups is 1. The number of hydrogen-bond acceptors (Lipinski definition) is 3. The summed E-state index contributed by atoms with van der Waals surface area (Å²) in [6, 6.07) is 0. The number of amides is 1. The SMILES string of the molecule is Cc1[nH]c(=O)sc1C(=O)NCCC1=CCCCC1. The molecular formula is C13H18N2O2S. The zero-order chi connectivity index (χ0) is 13.0. The van der Waals surface area contributed by atoms with Gasteiger partial charge in [0.15, 0.2) is 0 Å². The van der Waals surface area contributed by atoms with Crippen LogP contribution in [0.5, 0.6) is 0 Å². The van der Waals surface area contributed by atoms with Gasteiger partial charge in [0, 0.05) is 12.2 Å². The fourth-order valence-electron chi connectivity index (χ4n) is 2.17. The maximum Gasteiger partial charge on any atom is 0.305 e. The van der Waals surface area contributed by atoms with E-state index >= 15 is 0 Å². The van der Waals surface area contributed by atoms with E-state index in [1.165, 1.54) is 24.8 Å². The number of H-pyrrole nitrogens is 1. The number of hydrogen-bond donors (Lipinski definition) is 2. The third-order valence-electron chi connectivity index (χ3n) is 3.15. The first-order chi connectivity index (χ1) is 8.66. The molecule has 0 unspecified atom stereocenters. The second-order valence-electron chi connectivity index (χ2n) is 4.58. The summed E-state index contributed by atoms with van der Waals surface area (Å²) in [6.07, 6.45) is 8.08. The van der Waals surface area contributed by atoms with Crippen LogP contribution in [0.15, 0.2) is 16.4 Å². The Balaban J connectivity index is 1.83. The number of nitrogens with one attached hydrogen (secondary N) is 2. The van der Waals surface area contributed by atoms with Gasteiger partial charge in [0.2, 0.25) is 0 Å². The molecule has 0 saturated heterocycles. The van der Waals surface area contributed by atoms with Gasteiger partial charge in [0.1, 0.15) is 4.88 Å². The minimum atomic E-state index is -0.173. The van der Waals surface area contributed by atoms with Crippen molar-refractivity contribution in [1.82, 2.24) is 10.3 Å². The molecular weight excluding hydrogens is 248 g/mol. The maximum atomic E-state index is 11.8. The Morgan fingerprint density at radius 1 is 1.50 bits per heavy atom. The quantitative estimate of drug-likeness (QED) is 0.822. The fourth-order valence-corrected chi connectivity index (χ4v) is 2.93. The van der Waals surface area contributed by atoms with Crippen LogP contribution in [0.25, 0.3) is 0 Å².